The first-order chi connectivity index (χ1) is 10.3. The number of ether oxygens (including phenoxy) is 2. The van der Waals surface area contributed by atoms with Gasteiger partial charge in [0, 0.05) is 12.6 Å². The van der Waals surface area contributed by atoms with Crippen LogP contribution in [0.25, 0.3) is 0 Å². The van der Waals surface area contributed by atoms with Gasteiger partial charge in [0.05, 0.1) is 19.8 Å². The summed E-state index contributed by atoms with van der Waals surface area (Å²) < 4.78 is 10.6. The average molecular weight is 293 g/mol. The molecule has 1 aliphatic rings. The highest BCUT2D eigenvalue weighted by molar-refractivity contribution is 5.34. The number of nitrogens with zero attached hydrogens (tertiary/aromatic N) is 2. The van der Waals surface area contributed by atoms with E-state index in [0.29, 0.717) is 24.3 Å². The molecule has 0 aliphatic heterocycles. The summed E-state index contributed by atoms with van der Waals surface area (Å²) in [6.45, 7) is 2.95. The summed E-state index contributed by atoms with van der Waals surface area (Å²) in [4.78, 5) is 8.32. The van der Waals surface area contributed by atoms with Crippen LogP contribution in [0.3, 0.4) is 0 Å². The van der Waals surface area contributed by atoms with Crippen molar-refractivity contribution < 1.29 is 9.47 Å². The van der Waals surface area contributed by atoms with Crippen LogP contribution in [0, 0.1) is 5.92 Å². The van der Waals surface area contributed by atoms with Gasteiger partial charge >= 0.3 is 0 Å². The van der Waals surface area contributed by atoms with E-state index in [9.17, 15) is 0 Å². The van der Waals surface area contributed by atoms with E-state index in [2.05, 4.69) is 22.2 Å². The number of methoxy groups -OCH3 is 2. The molecular formula is C16H27N3O2. The van der Waals surface area contributed by atoms with Gasteiger partial charge in [-0.05, 0) is 25.7 Å². The van der Waals surface area contributed by atoms with Crippen molar-refractivity contribution in [1.29, 1.82) is 0 Å². The van der Waals surface area contributed by atoms with Crippen molar-refractivity contribution in [3.63, 3.8) is 0 Å². The third-order valence-corrected chi connectivity index (χ3v) is 4.46. The average Bonchev–Trinajstić information content (AvgIpc) is 2.81. The van der Waals surface area contributed by atoms with Crippen LogP contribution in [0.1, 0.15) is 51.0 Å². The minimum Gasteiger partial charge on any atom is -0.481 e. The molecule has 1 aliphatic carbocycles. The molecule has 5 nitrogen and oxygen atoms in total. The molecule has 1 saturated carbocycles. The lowest BCUT2D eigenvalue weighted by Crippen LogP contribution is -2.33. The summed E-state index contributed by atoms with van der Waals surface area (Å²) in [6.07, 6.45) is 9.61. The van der Waals surface area contributed by atoms with Gasteiger partial charge in [-0.15, -0.1) is 0 Å². The van der Waals surface area contributed by atoms with Gasteiger partial charge in [-0.25, -0.2) is 9.97 Å². The van der Waals surface area contributed by atoms with E-state index in [-0.39, 0.29) is 0 Å². The Morgan fingerprint density at radius 3 is 2.19 bits per heavy atom. The Labute approximate surface area is 127 Å². The van der Waals surface area contributed by atoms with E-state index in [1.54, 1.807) is 14.2 Å². The van der Waals surface area contributed by atoms with Gasteiger partial charge in [0.25, 0.3) is 0 Å². The molecular weight excluding hydrogens is 266 g/mol. The van der Waals surface area contributed by atoms with E-state index in [0.717, 1.165) is 11.5 Å². The van der Waals surface area contributed by atoms with Gasteiger partial charge in [0.1, 0.15) is 6.33 Å². The number of aromatic nitrogens is 2. The topological polar surface area (TPSA) is 56.3 Å². The van der Waals surface area contributed by atoms with Crippen molar-refractivity contribution in [3.05, 3.63) is 11.9 Å². The van der Waals surface area contributed by atoms with Crippen LogP contribution in [0.15, 0.2) is 6.33 Å². The Hall–Kier alpha value is -1.36. The van der Waals surface area contributed by atoms with Crippen LogP contribution < -0.4 is 14.8 Å². The first-order valence-corrected chi connectivity index (χ1v) is 7.91. The number of nitrogens with one attached hydrogen (secondary N) is 1. The second kappa shape index (κ2) is 8.17. The van der Waals surface area contributed by atoms with E-state index in [1.807, 2.05) is 0 Å². The highest BCUT2D eigenvalue weighted by Gasteiger charge is 2.20. The van der Waals surface area contributed by atoms with Gasteiger partial charge in [-0.1, -0.05) is 25.7 Å². The monoisotopic (exact) mass is 293 g/mol. The number of hydrogen-bond donors (Lipinski definition) is 1. The highest BCUT2D eigenvalue weighted by Crippen LogP contribution is 2.27. The first-order valence-electron chi connectivity index (χ1n) is 7.91. The lowest BCUT2D eigenvalue weighted by molar-refractivity contribution is 0.323. The lowest BCUT2D eigenvalue weighted by atomic mass is 9.93. The molecule has 21 heavy (non-hydrogen) atoms. The van der Waals surface area contributed by atoms with Crippen molar-refractivity contribution in [3.8, 4) is 11.8 Å². The molecule has 0 aromatic carbocycles. The van der Waals surface area contributed by atoms with Gasteiger partial charge in [0.15, 0.2) is 0 Å². The van der Waals surface area contributed by atoms with Gasteiger partial charge in [-0.3, -0.25) is 0 Å². The highest BCUT2D eigenvalue weighted by atomic mass is 16.5. The molecule has 0 saturated heterocycles. The number of hydrogen-bond acceptors (Lipinski definition) is 5. The van der Waals surface area contributed by atoms with Crippen LogP contribution in [0.2, 0.25) is 0 Å². The Morgan fingerprint density at radius 2 is 1.67 bits per heavy atom. The predicted molar refractivity (Wildman–Crippen MR) is 82.6 cm³/mol. The molecule has 1 atom stereocenters. The quantitative estimate of drug-likeness (QED) is 0.817. The molecule has 1 fully saturated rings. The zero-order chi connectivity index (χ0) is 15.1. The standard InChI is InChI=1S/C16H27N3O2/c1-12(13-8-6-4-5-7-9-13)17-10-14-15(20-2)18-11-19-16(14)21-3/h11-13,17H,4-10H2,1-3H3/t12-/m0/s1. The largest absolute Gasteiger partial charge is 0.481 e. The summed E-state index contributed by atoms with van der Waals surface area (Å²) in [7, 11) is 3.25. The van der Waals surface area contributed by atoms with Crippen LogP contribution in [-0.4, -0.2) is 30.2 Å². The summed E-state index contributed by atoms with van der Waals surface area (Å²) in [5.74, 6) is 1.93. The Morgan fingerprint density at radius 1 is 1.10 bits per heavy atom. The van der Waals surface area contributed by atoms with E-state index in [4.69, 9.17) is 9.47 Å². The third kappa shape index (κ3) is 4.30. The maximum absolute atomic E-state index is 5.31. The second-order valence-electron chi connectivity index (χ2n) is 5.79. The minimum absolute atomic E-state index is 0.484. The molecule has 1 heterocycles. The minimum atomic E-state index is 0.484. The zero-order valence-electron chi connectivity index (χ0n) is 13.4. The van der Waals surface area contributed by atoms with E-state index < -0.39 is 0 Å². The normalized spacial score (nSPS) is 18.0. The zero-order valence-corrected chi connectivity index (χ0v) is 13.4. The summed E-state index contributed by atoms with van der Waals surface area (Å²) >= 11 is 0. The van der Waals surface area contributed by atoms with Crippen LogP contribution >= 0.6 is 0 Å². The fourth-order valence-corrected chi connectivity index (χ4v) is 3.12. The maximum Gasteiger partial charge on any atom is 0.224 e. The van der Waals surface area contributed by atoms with Crippen LogP contribution in [-0.2, 0) is 6.54 Å². The van der Waals surface area contributed by atoms with Gasteiger partial charge in [0.2, 0.25) is 11.8 Å². The van der Waals surface area contributed by atoms with Gasteiger partial charge in [-0.2, -0.15) is 0 Å². The van der Waals surface area contributed by atoms with E-state index in [1.165, 1.54) is 44.9 Å². The molecule has 1 aromatic heterocycles. The molecule has 118 valence electrons. The smallest absolute Gasteiger partial charge is 0.224 e. The SMILES string of the molecule is COc1ncnc(OC)c1CN[C@@H](C)C1CCCCCC1. The molecule has 0 radical (unpaired) electrons. The Kier molecular flexibility index (Phi) is 6.23. The summed E-state index contributed by atoms with van der Waals surface area (Å²) in [5.41, 5.74) is 0.892. The predicted octanol–water partition coefficient (Wildman–Crippen LogP) is 2.94. The molecule has 2 rings (SSSR count). The fourth-order valence-electron chi connectivity index (χ4n) is 3.12. The maximum atomic E-state index is 5.31. The van der Waals surface area contributed by atoms with Crippen molar-refractivity contribution >= 4 is 0 Å². The van der Waals surface area contributed by atoms with Crippen molar-refractivity contribution in [2.75, 3.05) is 14.2 Å². The third-order valence-electron chi connectivity index (χ3n) is 4.46. The molecule has 0 bridgehead atoms. The van der Waals surface area contributed by atoms with Crippen molar-refractivity contribution in [2.45, 2.75) is 58.0 Å². The molecule has 0 spiro atoms. The molecule has 1 N–H and O–H groups in total. The first kappa shape index (κ1) is 16.0. The van der Waals surface area contributed by atoms with Gasteiger partial charge < -0.3 is 14.8 Å². The summed E-state index contributed by atoms with van der Waals surface area (Å²) in [5, 5.41) is 3.61. The van der Waals surface area contributed by atoms with Crippen LogP contribution in [0.4, 0.5) is 0 Å². The Bertz CT molecular complexity index is 409. The molecule has 1 aromatic rings. The molecule has 5 heteroatoms. The Balaban J connectivity index is 1.98. The van der Waals surface area contributed by atoms with E-state index >= 15 is 0 Å². The van der Waals surface area contributed by atoms with Crippen molar-refractivity contribution in [1.82, 2.24) is 15.3 Å². The van der Waals surface area contributed by atoms with Crippen LogP contribution in [0.5, 0.6) is 11.8 Å². The second-order valence-corrected chi connectivity index (χ2v) is 5.79. The molecule has 0 amide bonds. The lowest BCUT2D eigenvalue weighted by Gasteiger charge is -2.24. The molecule has 0 unspecified atom stereocenters. The number of rotatable bonds is 6. The van der Waals surface area contributed by atoms with Crippen molar-refractivity contribution in [2.24, 2.45) is 5.92 Å². The fraction of sp³-hybridized carbons (Fsp3) is 0.750. The summed E-state index contributed by atoms with van der Waals surface area (Å²) in [6, 6.07) is 0.484.